The fourth-order valence-electron chi connectivity index (χ4n) is 2.29. The van der Waals surface area contributed by atoms with E-state index in [2.05, 4.69) is 4.90 Å². The fraction of sp³-hybridized carbons (Fsp3) is 0.533. The van der Waals surface area contributed by atoms with Crippen molar-refractivity contribution >= 4 is 23.3 Å². The first-order valence-corrected chi connectivity index (χ1v) is 7.53. The average molecular weight is 313 g/mol. The number of benzene rings is 1. The molecule has 2 N–H and O–H groups in total. The molecule has 1 atom stereocenters. The number of rotatable bonds is 5. The highest BCUT2D eigenvalue weighted by atomic mass is 35.5. The third kappa shape index (κ3) is 4.33. The number of morpholine rings is 1. The Morgan fingerprint density at radius 1 is 1.48 bits per heavy atom. The number of nitrogens with two attached hydrogens (primary N) is 1. The highest BCUT2D eigenvalue weighted by Gasteiger charge is 2.18. The Morgan fingerprint density at radius 2 is 2.19 bits per heavy atom. The largest absolute Gasteiger partial charge is 0.465 e. The van der Waals surface area contributed by atoms with Crippen molar-refractivity contribution in [1.82, 2.24) is 0 Å². The lowest BCUT2D eigenvalue weighted by molar-refractivity contribution is -0.144. The van der Waals surface area contributed by atoms with E-state index in [4.69, 9.17) is 26.8 Å². The van der Waals surface area contributed by atoms with Crippen molar-refractivity contribution in [2.75, 3.05) is 37.8 Å². The highest BCUT2D eigenvalue weighted by Crippen LogP contribution is 2.25. The molecule has 1 aliphatic heterocycles. The number of carbonyl (C=O) groups excluding carboxylic acids is 1. The minimum absolute atomic E-state index is 0.330. The first-order chi connectivity index (χ1) is 10.1. The SMILES string of the molecule is CCOC(=O)C(N)Cc1ccc(N2CCOCC2)cc1Cl. The second-order valence-corrected chi connectivity index (χ2v) is 5.34. The van der Waals surface area contributed by atoms with Crippen molar-refractivity contribution in [3.63, 3.8) is 0 Å². The molecule has 1 unspecified atom stereocenters. The zero-order valence-corrected chi connectivity index (χ0v) is 12.9. The Balaban J connectivity index is 2.03. The van der Waals surface area contributed by atoms with Crippen LogP contribution in [0.15, 0.2) is 18.2 Å². The maximum Gasteiger partial charge on any atom is 0.323 e. The molecule has 1 aliphatic rings. The van der Waals surface area contributed by atoms with E-state index >= 15 is 0 Å². The van der Waals surface area contributed by atoms with Crippen LogP contribution in [0.1, 0.15) is 12.5 Å². The molecule has 1 heterocycles. The van der Waals surface area contributed by atoms with E-state index in [9.17, 15) is 4.79 Å². The number of esters is 1. The molecule has 0 amide bonds. The molecule has 116 valence electrons. The van der Waals surface area contributed by atoms with Gasteiger partial charge in [0.2, 0.25) is 0 Å². The summed E-state index contributed by atoms with van der Waals surface area (Å²) >= 11 is 6.31. The van der Waals surface area contributed by atoms with Crippen LogP contribution >= 0.6 is 11.6 Å². The molecule has 0 aromatic heterocycles. The van der Waals surface area contributed by atoms with Crippen LogP contribution in [-0.2, 0) is 20.7 Å². The molecule has 1 saturated heterocycles. The van der Waals surface area contributed by atoms with Gasteiger partial charge in [-0.15, -0.1) is 0 Å². The maximum absolute atomic E-state index is 11.6. The molecule has 0 saturated carbocycles. The number of hydrogen-bond acceptors (Lipinski definition) is 5. The topological polar surface area (TPSA) is 64.8 Å². The summed E-state index contributed by atoms with van der Waals surface area (Å²) in [6.07, 6.45) is 0.376. The summed E-state index contributed by atoms with van der Waals surface area (Å²) in [5.41, 5.74) is 7.75. The fourth-order valence-corrected chi connectivity index (χ4v) is 2.54. The van der Waals surface area contributed by atoms with Crippen LogP contribution in [0.2, 0.25) is 5.02 Å². The smallest absolute Gasteiger partial charge is 0.323 e. The van der Waals surface area contributed by atoms with Gasteiger partial charge in [-0.2, -0.15) is 0 Å². The van der Waals surface area contributed by atoms with E-state index in [0.717, 1.165) is 37.6 Å². The Hall–Kier alpha value is -1.30. The third-order valence-electron chi connectivity index (χ3n) is 3.44. The summed E-state index contributed by atoms with van der Waals surface area (Å²) < 4.78 is 10.2. The van der Waals surface area contributed by atoms with E-state index in [1.165, 1.54) is 0 Å². The van der Waals surface area contributed by atoms with Crippen molar-refractivity contribution in [2.45, 2.75) is 19.4 Å². The molecule has 0 aliphatic carbocycles. The van der Waals surface area contributed by atoms with Gasteiger partial charge in [0.25, 0.3) is 0 Å². The van der Waals surface area contributed by atoms with E-state index in [1.54, 1.807) is 6.92 Å². The summed E-state index contributed by atoms with van der Waals surface area (Å²) in [5.74, 6) is -0.397. The van der Waals surface area contributed by atoms with Crippen LogP contribution in [0.4, 0.5) is 5.69 Å². The van der Waals surface area contributed by atoms with Crippen molar-refractivity contribution in [1.29, 1.82) is 0 Å². The molecule has 1 aromatic rings. The van der Waals surface area contributed by atoms with Gasteiger partial charge in [0.15, 0.2) is 0 Å². The van der Waals surface area contributed by atoms with Gasteiger partial charge in [-0.3, -0.25) is 4.79 Å². The van der Waals surface area contributed by atoms with E-state index in [-0.39, 0.29) is 0 Å². The molecule has 0 spiro atoms. The second kappa shape index (κ2) is 7.64. The monoisotopic (exact) mass is 312 g/mol. The first-order valence-electron chi connectivity index (χ1n) is 7.15. The van der Waals surface area contributed by atoms with Gasteiger partial charge in [-0.1, -0.05) is 17.7 Å². The molecule has 21 heavy (non-hydrogen) atoms. The average Bonchev–Trinajstić information content (AvgIpc) is 2.50. The van der Waals surface area contributed by atoms with E-state index in [1.807, 2.05) is 18.2 Å². The summed E-state index contributed by atoms with van der Waals surface area (Å²) in [6, 6.07) is 5.16. The molecule has 1 aromatic carbocycles. The summed E-state index contributed by atoms with van der Waals surface area (Å²) in [7, 11) is 0. The maximum atomic E-state index is 11.6. The van der Waals surface area contributed by atoms with Gasteiger partial charge >= 0.3 is 5.97 Å². The van der Waals surface area contributed by atoms with Crippen LogP contribution in [0.3, 0.4) is 0 Å². The van der Waals surface area contributed by atoms with Crippen LogP contribution in [0.5, 0.6) is 0 Å². The van der Waals surface area contributed by atoms with Crippen LogP contribution in [0.25, 0.3) is 0 Å². The molecular weight excluding hydrogens is 292 g/mol. The second-order valence-electron chi connectivity index (χ2n) is 4.94. The lowest BCUT2D eigenvalue weighted by Gasteiger charge is -2.29. The van der Waals surface area contributed by atoms with E-state index in [0.29, 0.717) is 18.1 Å². The standard InChI is InChI=1S/C15H21ClN2O3/c1-2-21-15(19)14(17)9-11-3-4-12(10-13(11)16)18-5-7-20-8-6-18/h3-4,10,14H,2,5-9,17H2,1H3. The Bertz CT molecular complexity index is 490. The molecule has 1 fully saturated rings. The number of ether oxygens (including phenoxy) is 2. The van der Waals surface area contributed by atoms with Gasteiger partial charge in [0, 0.05) is 23.8 Å². The van der Waals surface area contributed by atoms with Gasteiger partial charge in [0.1, 0.15) is 6.04 Å². The van der Waals surface area contributed by atoms with Crippen LogP contribution in [-0.4, -0.2) is 44.9 Å². The van der Waals surface area contributed by atoms with Crippen LogP contribution in [0, 0.1) is 0 Å². The summed E-state index contributed by atoms with van der Waals surface area (Å²) in [6.45, 7) is 5.27. The third-order valence-corrected chi connectivity index (χ3v) is 3.79. The number of halogens is 1. The number of carbonyl (C=O) groups is 1. The lowest BCUT2D eigenvalue weighted by Crippen LogP contribution is -2.36. The van der Waals surface area contributed by atoms with Gasteiger partial charge in [-0.25, -0.2) is 0 Å². The first kappa shape index (κ1) is 16.1. The van der Waals surface area contributed by atoms with Crippen molar-refractivity contribution < 1.29 is 14.3 Å². The molecule has 5 nitrogen and oxygen atoms in total. The zero-order valence-electron chi connectivity index (χ0n) is 12.2. The van der Waals surface area contributed by atoms with Crippen molar-refractivity contribution in [3.05, 3.63) is 28.8 Å². The quantitative estimate of drug-likeness (QED) is 0.837. The minimum atomic E-state index is -0.684. The lowest BCUT2D eigenvalue weighted by atomic mass is 10.1. The number of anilines is 1. The predicted molar refractivity (Wildman–Crippen MR) is 82.8 cm³/mol. The van der Waals surface area contributed by atoms with Crippen molar-refractivity contribution in [2.24, 2.45) is 5.73 Å². The predicted octanol–water partition coefficient (Wildman–Crippen LogP) is 1.61. The molecule has 6 heteroatoms. The summed E-state index contributed by atoms with van der Waals surface area (Å²) in [4.78, 5) is 13.8. The minimum Gasteiger partial charge on any atom is -0.465 e. The number of nitrogens with zero attached hydrogens (tertiary/aromatic N) is 1. The normalized spacial score (nSPS) is 16.6. The summed E-state index contributed by atoms with van der Waals surface area (Å²) in [5, 5.41) is 0.624. The zero-order chi connectivity index (χ0) is 15.2. The van der Waals surface area contributed by atoms with Crippen LogP contribution < -0.4 is 10.6 Å². The molecule has 2 rings (SSSR count). The Morgan fingerprint density at radius 3 is 2.81 bits per heavy atom. The molecular formula is C15H21ClN2O3. The Labute approximate surface area is 130 Å². The van der Waals surface area contributed by atoms with Gasteiger partial charge in [0.05, 0.1) is 19.8 Å². The molecule has 0 bridgehead atoms. The highest BCUT2D eigenvalue weighted by molar-refractivity contribution is 6.31. The van der Waals surface area contributed by atoms with Gasteiger partial charge in [-0.05, 0) is 31.0 Å². The Kier molecular flexibility index (Phi) is 5.85. The van der Waals surface area contributed by atoms with Gasteiger partial charge < -0.3 is 20.1 Å². The van der Waals surface area contributed by atoms with E-state index < -0.39 is 12.0 Å². The van der Waals surface area contributed by atoms with Crippen molar-refractivity contribution in [3.8, 4) is 0 Å². The number of hydrogen-bond donors (Lipinski definition) is 1. The molecule has 0 radical (unpaired) electrons.